The van der Waals surface area contributed by atoms with Gasteiger partial charge in [0.2, 0.25) is 5.91 Å². The maximum atomic E-state index is 12.2. The van der Waals surface area contributed by atoms with Gasteiger partial charge in [0.1, 0.15) is 0 Å². The lowest BCUT2D eigenvalue weighted by Crippen LogP contribution is -2.47. The average molecular weight is 282 g/mol. The Kier molecular flexibility index (Phi) is 5.36. The van der Waals surface area contributed by atoms with E-state index in [1.807, 2.05) is 18.5 Å². The van der Waals surface area contributed by atoms with Crippen molar-refractivity contribution in [2.75, 3.05) is 26.7 Å². The summed E-state index contributed by atoms with van der Waals surface area (Å²) in [5.74, 6) is 0.131. The number of likely N-dealkylation sites (tertiary alicyclic amines) is 1. The van der Waals surface area contributed by atoms with Crippen LogP contribution >= 0.6 is 11.3 Å². The van der Waals surface area contributed by atoms with Crippen molar-refractivity contribution in [3.63, 3.8) is 0 Å². The molecule has 1 atom stereocenters. The van der Waals surface area contributed by atoms with Gasteiger partial charge >= 0.3 is 0 Å². The second-order valence-electron chi connectivity index (χ2n) is 5.18. The molecule has 0 radical (unpaired) electrons. The summed E-state index contributed by atoms with van der Waals surface area (Å²) in [4.78, 5) is 16.1. The van der Waals surface area contributed by atoms with E-state index < -0.39 is 0 Å². The molecule has 0 aliphatic carbocycles. The first-order chi connectivity index (χ1) is 9.20. The summed E-state index contributed by atoms with van der Waals surface area (Å²) in [6.07, 6.45) is 3.27. The molecule has 1 unspecified atom stereocenters. The van der Waals surface area contributed by atoms with Gasteiger partial charge in [0, 0.05) is 19.6 Å². The number of likely N-dealkylation sites (N-methyl/N-ethyl adjacent to an activating group) is 1. The quantitative estimate of drug-likeness (QED) is 0.891. The summed E-state index contributed by atoms with van der Waals surface area (Å²) < 4.78 is 0. The van der Waals surface area contributed by atoms with Crippen LogP contribution in [0.2, 0.25) is 0 Å². The van der Waals surface area contributed by atoms with E-state index in [2.05, 4.69) is 10.3 Å². The highest BCUT2D eigenvalue weighted by atomic mass is 32.1. The van der Waals surface area contributed by atoms with Crippen molar-refractivity contribution in [3.8, 4) is 0 Å². The fourth-order valence-corrected chi connectivity index (χ4v) is 3.17. The molecule has 0 spiro atoms. The number of rotatable bonds is 5. The minimum Gasteiger partial charge on any atom is -0.395 e. The summed E-state index contributed by atoms with van der Waals surface area (Å²) in [6.45, 7) is 2.16. The van der Waals surface area contributed by atoms with Crippen LogP contribution in [-0.2, 0) is 11.3 Å². The highest BCUT2D eigenvalue weighted by molar-refractivity contribution is 7.07. The molecule has 0 saturated carbocycles. The van der Waals surface area contributed by atoms with Crippen molar-refractivity contribution in [1.82, 2.24) is 9.80 Å². The fourth-order valence-electron chi connectivity index (χ4n) is 2.51. The average Bonchev–Trinajstić information content (AvgIpc) is 2.92. The van der Waals surface area contributed by atoms with Crippen molar-refractivity contribution in [2.45, 2.75) is 31.8 Å². The van der Waals surface area contributed by atoms with Gasteiger partial charge in [-0.25, -0.2) is 0 Å². The van der Waals surface area contributed by atoms with Gasteiger partial charge in [-0.15, -0.1) is 0 Å². The zero-order chi connectivity index (χ0) is 13.7. The molecular weight excluding hydrogens is 260 g/mol. The Bertz CT molecular complexity index is 394. The highest BCUT2D eigenvalue weighted by Crippen LogP contribution is 2.16. The largest absolute Gasteiger partial charge is 0.395 e. The number of carbonyl (C=O) groups excluding carboxylic acids is 1. The van der Waals surface area contributed by atoms with Crippen molar-refractivity contribution in [1.29, 1.82) is 0 Å². The third kappa shape index (κ3) is 4.03. The lowest BCUT2D eigenvalue weighted by molar-refractivity contribution is -0.132. The second kappa shape index (κ2) is 7.03. The number of piperidine rings is 1. The number of amides is 1. The Morgan fingerprint density at radius 2 is 2.42 bits per heavy atom. The molecule has 0 aromatic carbocycles. The Hall–Kier alpha value is -0.910. The van der Waals surface area contributed by atoms with Crippen molar-refractivity contribution >= 4 is 17.2 Å². The van der Waals surface area contributed by atoms with Gasteiger partial charge in [-0.05, 0) is 41.8 Å². The summed E-state index contributed by atoms with van der Waals surface area (Å²) >= 11 is 1.65. The number of nitrogens with zero attached hydrogens (tertiary/aromatic N) is 2. The van der Waals surface area contributed by atoms with Gasteiger partial charge in [-0.1, -0.05) is 6.42 Å². The summed E-state index contributed by atoms with van der Waals surface area (Å²) in [5.41, 5.74) is 1.18. The van der Waals surface area contributed by atoms with E-state index in [-0.39, 0.29) is 18.6 Å². The van der Waals surface area contributed by atoms with Gasteiger partial charge in [-0.3, -0.25) is 9.69 Å². The number of hydrogen-bond acceptors (Lipinski definition) is 4. The van der Waals surface area contributed by atoms with E-state index in [1.165, 1.54) is 5.56 Å². The molecule has 19 heavy (non-hydrogen) atoms. The van der Waals surface area contributed by atoms with E-state index in [0.29, 0.717) is 13.1 Å². The molecular formula is C14H22N2O2S. The molecule has 0 bridgehead atoms. The first-order valence-corrected chi connectivity index (χ1v) is 7.75. The van der Waals surface area contributed by atoms with E-state index in [1.54, 1.807) is 16.2 Å². The Morgan fingerprint density at radius 1 is 1.58 bits per heavy atom. The van der Waals surface area contributed by atoms with Crippen LogP contribution < -0.4 is 0 Å². The fraction of sp³-hybridized carbons (Fsp3) is 0.643. The molecule has 2 rings (SSSR count). The predicted octanol–water partition coefficient (Wildman–Crippen LogP) is 1.55. The van der Waals surface area contributed by atoms with E-state index >= 15 is 0 Å². The van der Waals surface area contributed by atoms with Crippen LogP contribution in [0.15, 0.2) is 16.8 Å². The Balaban J connectivity index is 1.85. The van der Waals surface area contributed by atoms with Crippen molar-refractivity contribution in [3.05, 3.63) is 22.4 Å². The van der Waals surface area contributed by atoms with Gasteiger partial charge in [0.05, 0.1) is 13.2 Å². The summed E-state index contributed by atoms with van der Waals surface area (Å²) in [7, 11) is 1.85. The SMILES string of the molecule is CN(Cc1ccsc1)C(=O)CN1CCCCC1CO. The lowest BCUT2D eigenvalue weighted by Gasteiger charge is -2.34. The molecule has 1 aromatic rings. The standard InChI is InChI=1S/C14H22N2O2S/c1-15(8-12-5-7-19-11-12)14(18)9-16-6-3-2-4-13(16)10-17/h5,7,11,13,17H,2-4,6,8-10H2,1H3. The zero-order valence-corrected chi connectivity index (χ0v) is 12.2. The van der Waals surface area contributed by atoms with Crippen molar-refractivity contribution < 1.29 is 9.90 Å². The number of hydrogen-bond donors (Lipinski definition) is 1. The van der Waals surface area contributed by atoms with E-state index in [4.69, 9.17) is 0 Å². The molecule has 4 nitrogen and oxygen atoms in total. The molecule has 1 N–H and O–H groups in total. The van der Waals surface area contributed by atoms with Gasteiger partial charge in [-0.2, -0.15) is 11.3 Å². The topological polar surface area (TPSA) is 43.8 Å². The number of aliphatic hydroxyl groups is 1. The maximum absolute atomic E-state index is 12.2. The molecule has 1 aliphatic rings. The Labute approximate surface area is 118 Å². The van der Waals surface area contributed by atoms with Crippen LogP contribution in [-0.4, -0.2) is 53.6 Å². The highest BCUT2D eigenvalue weighted by Gasteiger charge is 2.24. The second-order valence-corrected chi connectivity index (χ2v) is 5.96. The molecule has 1 fully saturated rings. The number of thiophene rings is 1. The van der Waals surface area contributed by atoms with Crippen LogP contribution in [0.3, 0.4) is 0 Å². The molecule has 2 heterocycles. The van der Waals surface area contributed by atoms with Gasteiger partial charge in [0.25, 0.3) is 0 Å². The molecule has 5 heteroatoms. The minimum atomic E-state index is 0.131. The van der Waals surface area contributed by atoms with E-state index in [9.17, 15) is 9.90 Å². The molecule has 106 valence electrons. The molecule has 1 aliphatic heterocycles. The monoisotopic (exact) mass is 282 g/mol. The zero-order valence-electron chi connectivity index (χ0n) is 11.4. The summed E-state index contributed by atoms with van der Waals surface area (Å²) in [5, 5.41) is 13.5. The van der Waals surface area contributed by atoms with E-state index in [0.717, 1.165) is 25.8 Å². The predicted molar refractivity (Wildman–Crippen MR) is 77.1 cm³/mol. The third-order valence-corrected chi connectivity index (χ3v) is 4.46. The van der Waals surface area contributed by atoms with Crippen molar-refractivity contribution in [2.24, 2.45) is 0 Å². The third-order valence-electron chi connectivity index (χ3n) is 3.72. The number of carbonyl (C=O) groups is 1. The smallest absolute Gasteiger partial charge is 0.236 e. The molecule has 1 aromatic heterocycles. The van der Waals surface area contributed by atoms with Crippen LogP contribution in [0.25, 0.3) is 0 Å². The first-order valence-electron chi connectivity index (χ1n) is 6.80. The lowest BCUT2D eigenvalue weighted by atomic mass is 10.0. The number of aliphatic hydroxyl groups excluding tert-OH is 1. The summed E-state index contributed by atoms with van der Waals surface area (Å²) in [6, 6.07) is 2.21. The van der Waals surface area contributed by atoms with Gasteiger partial charge < -0.3 is 10.0 Å². The van der Waals surface area contributed by atoms with Gasteiger partial charge in [0.15, 0.2) is 0 Å². The van der Waals surface area contributed by atoms with Crippen LogP contribution in [0, 0.1) is 0 Å². The van der Waals surface area contributed by atoms with Crippen LogP contribution in [0.5, 0.6) is 0 Å². The maximum Gasteiger partial charge on any atom is 0.236 e. The molecule has 1 amide bonds. The molecule has 1 saturated heterocycles. The normalized spacial score (nSPS) is 20.4. The van der Waals surface area contributed by atoms with Crippen LogP contribution in [0.4, 0.5) is 0 Å². The van der Waals surface area contributed by atoms with Crippen LogP contribution in [0.1, 0.15) is 24.8 Å². The Morgan fingerprint density at radius 3 is 3.11 bits per heavy atom. The first kappa shape index (κ1) is 14.5. The minimum absolute atomic E-state index is 0.131.